The smallest absolute Gasteiger partial charge is 0.236 e. The van der Waals surface area contributed by atoms with Crippen molar-refractivity contribution < 1.29 is 9.18 Å². The second-order valence-corrected chi connectivity index (χ2v) is 6.33. The lowest BCUT2D eigenvalue weighted by Gasteiger charge is -2.21. The van der Waals surface area contributed by atoms with Crippen molar-refractivity contribution in [1.82, 2.24) is 10.6 Å². The standard InChI is InChI=1S/C15H22BrFN2O/c1-9(2)8-18-15(20)11(4)19-10(3)13-7-12(16)5-6-14(13)17/h5-7,9-11,19H,8H2,1-4H3,(H,18,20). The minimum Gasteiger partial charge on any atom is -0.354 e. The molecule has 0 aliphatic heterocycles. The molecule has 0 saturated heterocycles. The Labute approximate surface area is 128 Å². The Morgan fingerprint density at radius 3 is 2.55 bits per heavy atom. The monoisotopic (exact) mass is 344 g/mol. The summed E-state index contributed by atoms with van der Waals surface area (Å²) in [5.41, 5.74) is 0.544. The molecule has 2 unspecified atom stereocenters. The molecule has 1 amide bonds. The van der Waals surface area contributed by atoms with Crippen molar-refractivity contribution in [2.45, 2.75) is 39.8 Å². The average Bonchev–Trinajstić information content (AvgIpc) is 2.38. The maximum Gasteiger partial charge on any atom is 0.236 e. The van der Waals surface area contributed by atoms with E-state index in [2.05, 4.69) is 26.6 Å². The van der Waals surface area contributed by atoms with E-state index >= 15 is 0 Å². The van der Waals surface area contributed by atoms with Crippen LogP contribution in [0.1, 0.15) is 39.3 Å². The summed E-state index contributed by atoms with van der Waals surface area (Å²) in [7, 11) is 0. The molecule has 1 aromatic rings. The van der Waals surface area contributed by atoms with Crippen LogP contribution in [0, 0.1) is 11.7 Å². The van der Waals surface area contributed by atoms with Gasteiger partial charge < -0.3 is 5.32 Å². The zero-order valence-electron chi connectivity index (χ0n) is 12.3. The summed E-state index contributed by atoms with van der Waals surface area (Å²) in [6.45, 7) is 8.35. The van der Waals surface area contributed by atoms with Crippen LogP contribution in [0.15, 0.2) is 22.7 Å². The normalized spacial score (nSPS) is 14.2. The Balaban J connectivity index is 2.63. The number of nitrogens with one attached hydrogen (secondary N) is 2. The van der Waals surface area contributed by atoms with Crippen molar-refractivity contribution in [2.24, 2.45) is 5.92 Å². The third-order valence-electron chi connectivity index (χ3n) is 3.00. The number of halogens is 2. The van der Waals surface area contributed by atoms with Crippen molar-refractivity contribution in [2.75, 3.05) is 6.54 Å². The van der Waals surface area contributed by atoms with Crippen LogP contribution >= 0.6 is 15.9 Å². The molecule has 0 spiro atoms. The highest BCUT2D eigenvalue weighted by atomic mass is 79.9. The van der Waals surface area contributed by atoms with Gasteiger partial charge in [-0.15, -0.1) is 0 Å². The predicted molar refractivity (Wildman–Crippen MR) is 83.0 cm³/mol. The van der Waals surface area contributed by atoms with Gasteiger partial charge in [0.15, 0.2) is 0 Å². The summed E-state index contributed by atoms with van der Waals surface area (Å²) >= 11 is 3.33. The molecule has 5 heteroatoms. The van der Waals surface area contributed by atoms with E-state index in [0.29, 0.717) is 18.0 Å². The van der Waals surface area contributed by atoms with Crippen LogP contribution in [0.25, 0.3) is 0 Å². The van der Waals surface area contributed by atoms with Crippen LogP contribution in [0.3, 0.4) is 0 Å². The van der Waals surface area contributed by atoms with E-state index in [1.165, 1.54) is 6.07 Å². The van der Waals surface area contributed by atoms with Gasteiger partial charge in [-0.2, -0.15) is 0 Å². The fraction of sp³-hybridized carbons (Fsp3) is 0.533. The fourth-order valence-electron chi connectivity index (χ4n) is 1.84. The largest absolute Gasteiger partial charge is 0.354 e. The maximum absolute atomic E-state index is 13.8. The van der Waals surface area contributed by atoms with E-state index < -0.39 is 0 Å². The van der Waals surface area contributed by atoms with Gasteiger partial charge in [0.05, 0.1) is 6.04 Å². The van der Waals surface area contributed by atoms with Crippen molar-refractivity contribution >= 4 is 21.8 Å². The number of hydrogen-bond acceptors (Lipinski definition) is 2. The summed E-state index contributed by atoms with van der Waals surface area (Å²) in [6.07, 6.45) is 0. The Morgan fingerprint density at radius 2 is 1.95 bits per heavy atom. The highest BCUT2D eigenvalue weighted by molar-refractivity contribution is 9.10. The molecule has 2 N–H and O–H groups in total. The topological polar surface area (TPSA) is 41.1 Å². The number of carbonyl (C=O) groups excluding carboxylic acids is 1. The van der Waals surface area contributed by atoms with Gasteiger partial charge in [0.1, 0.15) is 5.82 Å². The van der Waals surface area contributed by atoms with Crippen LogP contribution in [-0.4, -0.2) is 18.5 Å². The van der Waals surface area contributed by atoms with Crippen molar-refractivity contribution in [3.63, 3.8) is 0 Å². The molecular formula is C15H22BrFN2O. The van der Waals surface area contributed by atoms with E-state index in [-0.39, 0.29) is 23.8 Å². The van der Waals surface area contributed by atoms with Crippen LogP contribution in [-0.2, 0) is 4.79 Å². The molecule has 1 aromatic carbocycles. The lowest BCUT2D eigenvalue weighted by molar-refractivity contribution is -0.123. The van der Waals surface area contributed by atoms with E-state index in [1.807, 2.05) is 20.8 Å². The molecule has 20 heavy (non-hydrogen) atoms. The van der Waals surface area contributed by atoms with Gasteiger partial charge >= 0.3 is 0 Å². The molecule has 112 valence electrons. The molecule has 0 aromatic heterocycles. The SMILES string of the molecule is CC(C)CNC(=O)C(C)NC(C)c1cc(Br)ccc1F. The van der Waals surface area contributed by atoms with Gasteiger partial charge in [-0.25, -0.2) is 4.39 Å². The van der Waals surface area contributed by atoms with Crippen molar-refractivity contribution in [3.8, 4) is 0 Å². The maximum atomic E-state index is 13.8. The number of rotatable bonds is 6. The molecule has 0 aliphatic carbocycles. The first kappa shape index (κ1) is 17.1. The first-order valence-electron chi connectivity index (χ1n) is 6.80. The van der Waals surface area contributed by atoms with E-state index in [9.17, 15) is 9.18 Å². The average molecular weight is 345 g/mol. The van der Waals surface area contributed by atoms with Gasteiger partial charge in [-0.1, -0.05) is 29.8 Å². The highest BCUT2D eigenvalue weighted by Crippen LogP contribution is 2.21. The molecule has 1 rings (SSSR count). The Morgan fingerprint density at radius 1 is 1.30 bits per heavy atom. The highest BCUT2D eigenvalue weighted by Gasteiger charge is 2.18. The number of carbonyl (C=O) groups is 1. The summed E-state index contributed by atoms with van der Waals surface area (Å²) in [5, 5.41) is 5.98. The summed E-state index contributed by atoms with van der Waals surface area (Å²) in [4.78, 5) is 11.9. The Hall–Kier alpha value is -0.940. The lowest BCUT2D eigenvalue weighted by atomic mass is 10.1. The van der Waals surface area contributed by atoms with Crippen molar-refractivity contribution in [3.05, 3.63) is 34.1 Å². The van der Waals surface area contributed by atoms with E-state index in [4.69, 9.17) is 0 Å². The summed E-state index contributed by atoms with van der Waals surface area (Å²) in [6, 6.07) is 4.19. The first-order chi connectivity index (χ1) is 9.31. The third kappa shape index (κ3) is 5.21. The Bertz CT molecular complexity index is 465. The van der Waals surface area contributed by atoms with Gasteiger partial charge in [-0.05, 0) is 38.0 Å². The predicted octanol–water partition coefficient (Wildman–Crippen LogP) is 3.40. The molecule has 0 bridgehead atoms. The molecule has 0 fully saturated rings. The second kappa shape index (κ2) is 7.74. The molecule has 2 atom stereocenters. The molecular weight excluding hydrogens is 323 g/mol. The Kier molecular flexibility index (Phi) is 6.62. The van der Waals surface area contributed by atoms with Gasteiger partial charge in [0, 0.05) is 22.6 Å². The fourth-order valence-corrected chi connectivity index (χ4v) is 2.22. The minimum absolute atomic E-state index is 0.0686. The summed E-state index contributed by atoms with van der Waals surface area (Å²) < 4.78 is 14.6. The molecule has 0 heterocycles. The first-order valence-corrected chi connectivity index (χ1v) is 7.59. The summed E-state index contributed by atoms with van der Waals surface area (Å²) in [5.74, 6) is 0.0649. The number of benzene rings is 1. The van der Waals surface area contributed by atoms with Crippen LogP contribution in [0.4, 0.5) is 4.39 Å². The quantitative estimate of drug-likeness (QED) is 0.830. The lowest BCUT2D eigenvalue weighted by Crippen LogP contribution is -2.44. The van der Waals surface area contributed by atoms with Crippen LogP contribution < -0.4 is 10.6 Å². The van der Waals surface area contributed by atoms with Crippen LogP contribution in [0.5, 0.6) is 0 Å². The zero-order valence-corrected chi connectivity index (χ0v) is 13.9. The second-order valence-electron chi connectivity index (χ2n) is 5.41. The van der Waals surface area contributed by atoms with Crippen molar-refractivity contribution in [1.29, 1.82) is 0 Å². The third-order valence-corrected chi connectivity index (χ3v) is 3.50. The molecule has 3 nitrogen and oxygen atoms in total. The molecule has 0 radical (unpaired) electrons. The zero-order chi connectivity index (χ0) is 15.3. The van der Waals surface area contributed by atoms with Crippen LogP contribution in [0.2, 0.25) is 0 Å². The van der Waals surface area contributed by atoms with E-state index in [0.717, 1.165) is 4.47 Å². The number of amides is 1. The molecule has 0 aliphatic rings. The number of hydrogen-bond donors (Lipinski definition) is 2. The minimum atomic E-state index is -0.373. The van der Waals surface area contributed by atoms with Gasteiger partial charge in [-0.3, -0.25) is 10.1 Å². The van der Waals surface area contributed by atoms with Gasteiger partial charge in [0.25, 0.3) is 0 Å². The van der Waals surface area contributed by atoms with E-state index in [1.54, 1.807) is 19.1 Å². The van der Waals surface area contributed by atoms with Gasteiger partial charge in [0.2, 0.25) is 5.91 Å². The molecule has 0 saturated carbocycles.